The zero-order valence-corrected chi connectivity index (χ0v) is 12.2. The van der Waals surface area contributed by atoms with Crippen molar-refractivity contribution in [1.82, 2.24) is 10.3 Å². The summed E-state index contributed by atoms with van der Waals surface area (Å²) in [5.41, 5.74) is 2.99. The summed E-state index contributed by atoms with van der Waals surface area (Å²) in [4.78, 5) is 4.49. The van der Waals surface area contributed by atoms with E-state index < -0.39 is 0 Å². The van der Waals surface area contributed by atoms with Gasteiger partial charge in [0.1, 0.15) is 0 Å². The molecule has 0 saturated heterocycles. The Hall–Kier alpha value is -0.830. The predicted molar refractivity (Wildman–Crippen MR) is 78.5 cm³/mol. The fourth-order valence-corrected chi connectivity index (χ4v) is 2.57. The number of fused-ring (bicyclic) bond motifs is 1. The van der Waals surface area contributed by atoms with Crippen molar-refractivity contribution in [2.24, 2.45) is 0 Å². The molecule has 0 amide bonds. The fraction of sp³-hybridized carbons (Fsp3) is 0.357. The van der Waals surface area contributed by atoms with E-state index >= 15 is 0 Å². The number of hydrogen-bond donors (Lipinski definition) is 1. The van der Waals surface area contributed by atoms with Gasteiger partial charge in [-0.3, -0.25) is 4.98 Å². The quantitative estimate of drug-likeness (QED) is 0.906. The minimum Gasteiger partial charge on any atom is -0.310 e. The average molecular weight is 283 g/mol. The molecule has 0 aliphatic rings. The van der Waals surface area contributed by atoms with E-state index in [4.69, 9.17) is 23.2 Å². The van der Waals surface area contributed by atoms with Gasteiger partial charge in [0.15, 0.2) is 0 Å². The van der Waals surface area contributed by atoms with Crippen LogP contribution in [-0.4, -0.2) is 11.0 Å². The van der Waals surface area contributed by atoms with E-state index in [1.807, 2.05) is 13.0 Å². The van der Waals surface area contributed by atoms with E-state index in [0.717, 1.165) is 28.7 Å². The van der Waals surface area contributed by atoms with Gasteiger partial charge >= 0.3 is 0 Å². The molecule has 18 heavy (non-hydrogen) atoms. The summed E-state index contributed by atoms with van der Waals surface area (Å²) in [5, 5.41) is 5.67. The third-order valence-corrected chi connectivity index (χ3v) is 3.25. The monoisotopic (exact) mass is 282 g/mol. The van der Waals surface area contributed by atoms with Crippen molar-refractivity contribution >= 4 is 34.1 Å². The van der Waals surface area contributed by atoms with Crippen molar-refractivity contribution in [2.75, 3.05) is 0 Å². The third kappa shape index (κ3) is 2.94. The Morgan fingerprint density at radius 1 is 1.22 bits per heavy atom. The molecule has 4 heteroatoms. The topological polar surface area (TPSA) is 24.9 Å². The number of benzene rings is 1. The minimum atomic E-state index is 0.430. The molecule has 2 nitrogen and oxygen atoms in total. The molecule has 1 heterocycles. The molecule has 96 valence electrons. The molecular weight excluding hydrogens is 267 g/mol. The molecule has 1 aromatic heterocycles. The van der Waals surface area contributed by atoms with E-state index in [2.05, 4.69) is 30.2 Å². The second-order valence-corrected chi connectivity index (χ2v) is 5.58. The number of rotatable bonds is 3. The molecule has 0 aliphatic carbocycles. The van der Waals surface area contributed by atoms with Crippen molar-refractivity contribution in [2.45, 2.75) is 33.4 Å². The lowest BCUT2D eigenvalue weighted by Gasteiger charge is -2.12. The Balaban J connectivity index is 2.57. The summed E-state index contributed by atoms with van der Waals surface area (Å²) in [5.74, 6) is 0. The molecule has 0 radical (unpaired) electrons. The summed E-state index contributed by atoms with van der Waals surface area (Å²) in [7, 11) is 0. The van der Waals surface area contributed by atoms with Crippen LogP contribution in [-0.2, 0) is 6.54 Å². The summed E-state index contributed by atoms with van der Waals surface area (Å²) >= 11 is 12.3. The lowest BCUT2D eigenvalue weighted by atomic mass is 10.1. The van der Waals surface area contributed by atoms with Gasteiger partial charge < -0.3 is 5.32 Å². The first-order chi connectivity index (χ1) is 8.47. The van der Waals surface area contributed by atoms with Crippen molar-refractivity contribution in [3.05, 3.63) is 39.5 Å². The van der Waals surface area contributed by atoms with Gasteiger partial charge in [0.2, 0.25) is 0 Å². The van der Waals surface area contributed by atoms with Crippen LogP contribution in [0.15, 0.2) is 18.2 Å². The molecule has 0 bridgehead atoms. The number of hydrogen-bond acceptors (Lipinski definition) is 2. The van der Waals surface area contributed by atoms with Crippen LogP contribution < -0.4 is 5.32 Å². The number of pyridine rings is 1. The second-order valence-electron chi connectivity index (χ2n) is 4.74. The summed E-state index contributed by atoms with van der Waals surface area (Å²) < 4.78 is 0. The highest BCUT2D eigenvalue weighted by molar-refractivity contribution is 6.38. The normalized spacial score (nSPS) is 11.4. The zero-order valence-electron chi connectivity index (χ0n) is 10.7. The Morgan fingerprint density at radius 3 is 2.61 bits per heavy atom. The fourth-order valence-electron chi connectivity index (χ4n) is 1.97. The highest BCUT2D eigenvalue weighted by atomic mass is 35.5. The lowest BCUT2D eigenvalue weighted by molar-refractivity contribution is 0.590. The van der Waals surface area contributed by atoms with Crippen LogP contribution in [0.1, 0.15) is 25.1 Å². The van der Waals surface area contributed by atoms with Gasteiger partial charge in [-0.1, -0.05) is 37.0 Å². The van der Waals surface area contributed by atoms with Crippen molar-refractivity contribution in [3.63, 3.8) is 0 Å². The van der Waals surface area contributed by atoms with Gasteiger partial charge in [-0.25, -0.2) is 0 Å². The summed E-state index contributed by atoms with van der Waals surface area (Å²) in [6, 6.07) is 6.12. The van der Waals surface area contributed by atoms with Crippen LogP contribution in [0.25, 0.3) is 10.9 Å². The molecule has 0 saturated carbocycles. The first-order valence-electron chi connectivity index (χ1n) is 5.96. The molecule has 0 fully saturated rings. The van der Waals surface area contributed by atoms with Crippen LogP contribution in [0, 0.1) is 6.92 Å². The van der Waals surface area contributed by atoms with Crippen LogP contribution >= 0.6 is 23.2 Å². The Labute approximate surface area is 117 Å². The zero-order chi connectivity index (χ0) is 13.3. The maximum absolute atomic E-state index is 6.28. The SMILES string of the molecule is Cc1cc(CNC(C)C)c2c(Cl)cc(Cl)cc2n1. The maximum Gasteiger partial charge on any atom is 0.0738 e. The van der Waals surface area contributed by atoms with E-state index in [1.165, 1.54) is 0 Å². The molecule has 1 aromatic carbocycles. The van der Waals surface area contributed by atoms with Gasteiger partial charge in [-0.05, 0) is 30.7 Å². The predicted octanol–water partition coefficient (Wildman–Crippen LogP) is 4.35. The largest absolute Gasteiger partial charge is 0.310 e. The molecule has 0 aliphatic heterocycles. The number of halogens is 2. The number of aromatic nitrogens is 1. The van der Waals surface area contributed by atoms with Crippen molar-refractivity contribution in [3.8, 4) is 0 Å². The van der Waals surface area contributed by atoms with Crippen LogP contribution in [0.5, 0.6) is 0 Å². The Bertz CT molecular complexity index is 574. The Morgan fingerprint density at radius 2 is 1.94 bits per heavy atom. The van der Waals surface area contributed by atoms with Gasteiger partial charge in [-0.15, -0.1) is 0 Å². The molecular formula is C14H16Cl2N2. The number of aryl methyl sites for hydroxylation is 1. The first-order valence-corrected chi connectivity index (χ1v) is 6.71. The Kier molecular flexibility index (Phi) is 4.10. The van der Waals surface area contributed by atoms with E-state index in [9.17, 15) is 0 Å². The second kappa shape index (κ2) is 5.43. The highest BCUT2D eigenvalue weighted by Gasteiger charge is 2.09. The number of nitrogens with zero attached hydrogens (tertiary/aromatic N) is 1. The molecule has 2 rings (SSSR count). The highest BCUT2D eigenvalue weighted by Crippen LogP contribution is 2.30. The molecule has 1 N–H and O–H groups in total. The van der Waals surface area contributed by atoms with E-state index in [-0.39, 0.29) is 0 Å². The average Bonchev–Trinajstić information content (AvgIpc) is 2.24. The van der Waals surface area contributed by atoms with Crippen molar-refractivity contribution in [1.29, 1.82) is 0 Å². The summed E-state index contributed by atoms with van der Waals surface area (Å²) in [6.45, 7) is 7.00. The number of nitrogens with one attached hydrogen (secondary N) is 1. The van der Waals surface area contributed by atoms with E-state index in [0.29, 0.717) is 16.1 Å². The molecule has 0 spiro atoms. The minimum absolute atomic E-state index is 0.430. The maximum atomic E-state index is 6.28. The van der Waals surface area contributed by atoms with Gasteiger partial charge in [-0.2, -0.15) is 0 Å². The van der Waals surface area contributed by atoms with Crippen molar-refractivity contribution < 1.29 is 0 Å². The standard InChI is InChI=1S/C14H16Cl2N2/c1-8(2)17-7-10-4-9(3)18-13-6-11(15)5-12(16)14(10)13/h4-6,8,17H,7H2,1-3H3. The third-order valence-electron chi connectivity index (χ3n) is 2.74. The van der Waals surface area contributed by atoms with Gasteiger partial charge in [0.05, 0.1) is 10.5 Å². The molecule has 0 atom stereocenters. The van der Waals surface area contributed by atoms with Gasteiger partial charge in [0, 0.05) is 28.7 Å². The van der Waals surface area contributed by atoms with Crippen LogP contribution in [0.2, 0.25) is 10.0 Å². The van der Waals surface area contributed by atoms with Crippen LogP contribution in [0.4, 0.5) is 0 Å². The van der Waals surface area contributed by atoms with E-state index in [1.54, 1.807) is 6.07 Å². The molecule has 2 aromatic rings. The van der Waals surface area contributed by atoms with Gasteiger partial charge in [0.25, 0.3) is 0 Å². The first kappa shape index (κ1) is 13.6. The smallest absolute Gasteiger partial charge is 0.0738 e. The summed E-state index contributed by atoms with van der Waals surface area (Å²) in [6.07, 6.45) is 0. The van der Waals surface area contributed by atoms with Crippen LogP contribution in [0.3, 0.4) is 0 Å². The molecule has 0 unspecified atom stereocenters. The lowest BCUT2D eigenvalue weighted by Crippen LogP contribution is -2.22.